The zero-order valence-electron chi connectivity index (χ0n) is 10.3. The molecule has 0 atom stereocenters. The van der Waals surface area contributed by atoms with Gasteiger partial charge in [-0.3, -0.25) is 4.79 Å². The van der Waals surface area contributed by atoms with Crippen LogP contribution in [0.4, 0.5) is 0 Å². The van der Waals surface area contributed by atoms with E-state index in [1.165, 1.54) is 0 Å². The molecule has 0 aliphatic heterocycles. The summed E-state index contributed by atoms with van der Waals surface area (Å²) >= 11 is 0. The van der Waals surface area contributed by atoms with Crippen LogP contribution in [0.25, 0.3) is 0 Å². The fourth-order valence-electron chi connectivity index (χ4n) is 1.50. The van der Waals surface area contributed by atoms with Gasteiger partial charge >= 0.3 is 5.97 Å². The molecule has 4 nitrogen and oxygen atoms in total. The fourth-order valence-corrected chi connectivity index (χ4v) is 1.50. The van der Waals surface area contributed by atoms with E-state index in [4.69, 9.17) is 4.74 Å². The lowest BCUT2D eigenvalue weighted by Gasteiger charge is -2.05. The second-order valence-electron chi connectivity index (χ2n) is 3.94. The molecule has 2 aromatic carbocycles. The monoisotopic (exact) mass is 256 g/mol. The summed E-state index contributed by atoms with van der Waals surface area (Å²) in [4.78, 5) is 22.0. The molecule has 2 rings (SSSR count). The van der Waals surface area contributed by atoms with Gasteiger partial charge in [0.15, 0.2) is 0 Å². The third-order valence-corrected chi connectivity index (χ3v) is 2.51. The summed E-state index contributed by atoms with van der Waals surface area (Å²) in [5.74, 6) is 0.359. The third-order valence-electron chi connectivity index (χ3n) is 2.51. The summed E-state index contributed by atoms with van der Waals surface area (Å²) in [6, 6.07) is 13.3. The molecule has 96 valence electrons. The van der Waals surface area contributed by atoms with Crippen LogP contribution in [0.15, 0.2) is 48.5 Å². The average molecular weight is 256 g/mol. The molecule has 19 heavy (non-hydrogen) atoms. The minimum atomic E-state index is -0.427. The standard InChI is InChI=1S/C15H12O4/c1-11-2-4-12(5-3-11)15(17)19-14-8-6-13(7-9-14)18-10-16/h2-10H,1H3. The van der Waals surface area contributed by atoms with E-state index in [1.807, 2.05) is 19.1 Å². The van der Waals surface area contributed by atoms with Gasteiger partial charge in [0.2, 0.25) is 0 Å². The molecule has 0 radical (unpaired) electrons. The number of esters is 1. The molecule has 2 aromatic rings. The highest BCUT2D eigenvalue weighted by Crippen LogP contribution is 2.18. The number of benzene rings is 2. The van der Waals surface area contributed by atoms with Crippen molar-refractivity contribution in [2.45, 2.75) is 6.92 Å². The number of carbonyl (C=O) groups excluding carboxylic acids is 2. The van der Waals surface area contributed by atoms with Crippen molar-refractivity contribution in [3.05, 3.63) is 59.7 Å². The van der Waals surface area contributed by atoms with Gasteiger partial charge in [0.25, 0.3) is 6.47 Å². The lowest BCUT2D eigenvalue weighted by Crippen LogP contribution is -2.08. The van der Waals surface area contributed by atoms with Crippen LogP contribution < -0.4 is 9.47 Å². The number of aryl methyl sites for hydroxylation is 1. The first-order valence-corrected chi connectivity index (χ1v) is 5.68. The van der Waals surface area contributed by atoms with Gasteiger partial charge in [-0.05, 0) is 43.3 Å². The first kappa shape index (κ1) is 12.8. The van der Waals surface area contributed by atoms with Crippen LogP contribution in [0.2, 0.25) is 0 Å². The van der Waals surface area contributed by atoms with Crippen LogP contribution in [0.1, 0.15) is 15.9 Å². The summed E-state index contributed by atoms with van der Waals surface area (Å²) < 4.78 is 9.83. The van der Waals surface area contributed by atoms with E-state index < -0.39 is 5.97 Å². The van der Waals surface area contributed by atoms with Gasteiger partial charge < -0.3 is 9.47 Å². The molecule has 0 N–H and O–H groups in total. The zero-order valence-corrected chi connectivity index (χ0v) is 10.3. The lowest BCUT2D eigenvalue weighted by atomic mass is 10.1. The summed E-state index contributed by atoms with van der Waals surface area (Å²) in [6.45, 7) is 2.29. The molecule has 0 bridgehead atoms. The van der Waals surface area contributed by atoms with Gasteiger partial charge in [0, 0.05) is 0 Å². The van der Waals surface area contributed by atoms with Crippen LogP contribution >= 0.6 is 0 Å². The summed E-state index contributed by atoms with van der Waals surface area (Å²) in [5.41, 5.74) is 1.56. The first-order chi connectivity index (χ1) is 9.19. The van der Waals surface area contributed by atoms with Gasteiger partial charge in [-0.25, -0.2) is 4.79 Å². The Labute approximate surface area is 110 Å². The maximum Gasteiger partial charge on any atom is 0.343 e. The summed E-state index contributed by atoms with van der Waals surface area (Å²) in [6.07, 6.45) is 0. The normalized spacial score (nSPS) is 9.74. The van der Waals surface area contributed by atoms with E-state index in [1.54, 1.807) is 36.4 Å². The van der Waals surface area contributed by atoms with Crippen molar-refractivity contribution >= 4 is 12.4 Å². The maximum absolute atomic E-state index is 11.8. The molecule has 0 saturated carbocycles. The number of hydrogen-bond acceptors (Lipinski definition) is 4. The van der Waals surface area contributed by atoms with Crippen LogP contribution in [-0.4, -0.2) is 12.4 Å². The Morgan fingerprint density at radius 2 is 1.53 bits per heavy atom. The number of ether oxygens (including phenoxy) is 2. The predicted octanol–water partition coefficient (Wildman–Crippen LogP) is 2.75. The van der Waals surface area contributed by atoms with Gasteiger partial charge in [0.1, 0.15) is 11.5 Å². The maximum atomic E-state index is 11.8. The van der Waals surface area contributed by atoms with Gasteiger partial charge in [-0.2, -0.15) is 0 Å². The molecule has 0 unspecified atom stereocenters. The molecular weight excluding hydrogens is 244 g/mol. The van der Waals surface area contributed by atoms with Crippen LogP contribution in [0.5, 0.6) is 11.5 Å². The second kappa shape index (κ2) is 5.82. The van der Waals surface area contributed by atoms with Gasteiger partial charge in [-0.15, -0.1) is 0 Å². The van der Waals surface area contributed by atoms with Crippen LogP contribution in [-0.2, 0) is 4.79 Å². The highest BCUT2D eigenvalue weighted by molar-refractivity contribution is 5.91. The van der Waals surface area contributed by atoms with Gasteiger partial charge in [-0.1, -0.05) is 17.7 Å². The van der Waals surface area contributed by atoms with Crippen molar-refractivity contribution in [1.29, 1.82) is 0 Å². The molecule has 0 heterocycles. The zero-order chi connectivity index (χ0) is 13.7. The molecule has 0 aromatic heterocycles. The van der Waals surface area contributed by atoms with E-state index in [2.05, 4.69) is 4.74 Å². The SMILES string of the molecule is Cc1ccc(C(=O)Oc2ccc(OC=O)cc2)cc1. The van der Waals surface area contributed by atoms with Crippen LogP contribution in [0, 0.1) is 6.92 Å². The molecule has 0 saturated heterocycles. The number of hydrogen-bond donors (Lipinski definition) is 0. The Balaban J connectivity index is 2.06. The first-order valence-electron chi connectivity index (χ1n) is 5.68. The average Bonchev–Trinajstić information content (AvgIpc) is 2.42. The Morgan fingerprint density at radius 1 is 0.947 bits per heavy atom. The lowest BCUT2D eigenvalue weighted by molar-refractivity contribution is -0.120. The second-order valence-corrected chi connectivity index (χ2v) is 3.94. The summed E-state index contributed by atoms with van der Waals surface area (Å²) in [5, 5.41) is 0. The van der Waals surface area contributed by atoms with E-state index >= 15 is 0 Å². The van der Waals surface area contributed by atoms with Crippen molar-refractivity contribution in [2.75, 3.05) is 0 Å². The smallest absolute Gasteiger partial charge is 0.343 e. The Bertz CT molecular complexity index is 570. The largest absolute Gasteiger partial charge is 0.429 e. The fraction of sp³-hybridized carbons (Fsp3) is 0.0667. The highest BCUT2D eigenvalue weighted by atomic mass is 16.5. The van der Waals surface area contributed by atoms with Crippen molar-refractivity contribution in [3.63, 3.8) is 0 Å². The van der Waals surface area contributed by atoms with Gasteiger partial charge in [0.05, 0.1) is 5.56 Å². The predicted molar refractivity (Wildman–Crippen MR) is 69.3 cm³/mol. The Kier molecular flexibility index (Phi) is 3.93. The topological polar surface area (TPSA) is 52.6 Å². The van der Waals surface area contributed by atoms with E-state index in [0.29, 0.717) is 23.5 Å². The molecule has 0 spiro atoms. The molecule has 0 fully saturated rings. The van der Waals surface area contributed by atoms with Crippen molar-refractivity contribution < 1.29 is 19.1 Å². The molecule has 0 aliphatic carbocycles. The van der Waals surface area contributed by atoms with Crippen LogP contribution in [0.3, 0.4) is 0 Å². The van der Waals surface area contributed by atoms with Crippen molar-refractivity contribution in [3.8, 4) is 11.5 Å². The minimum Gasteiger partial charge on any atom is -0.429 e. The quantitative estimate of drug-likeness (QED) is 0.479. The summed E-state index contributed by atoms with van der Waals surface area (Å²) in [7, 11) is 0. The van der Waals surface area contributed by atoms with Crippen molar-refractivity contribution in [2.24, 2.45) is 0 Å². The third kappa shape index (κ3) is 3.42. The Hall–Kier alpha value is -2.62. The van der Waals surface area contributed by atoms with E-state index in [-0.39, 0.29) is 0 Å². The van der Waals surface area contributed by atoms with Crippen molar-refractivity contribution in [1.82, 2.24) is 0 Å². The molecule has 0 amide bonds. The Morgan fingerprint density at radius 3 is 2.11 bits per heavy atom. The van der Waals surface area contributed by atoms with E-state index in [9.17, 15) is 9.59 Å². The number of carbonyl (C=O) groups is 2. The molecular formula is C15H12O4. The number of rotatable bonds is 4. The minimum absolute atomic E-state index is 0.341. The molecule has 4 heteroatoms. The molecule has 0 aliphatic rings. The van der Waals surface area contributed by atoms with E-state index in [0.717, 1.165) is 5.56 Å². The highest BCUT2D eigenvalue weighted by Gasteiger charge is 2.08.